The molecule has 0 radical (unpaired) electrons. The predicted molar refractivity (Wildman–Crippen MR) is 60.1 cm³/mol. The van der Waals surface area contributed by atoms with Gasteiger partial charge in [-0.3, -0.25) is 0 Å². The second-order valence-electron chi connectivity index (χ2n) is 3.49. The third kappa shape index (κ3) is 11.4. The molecule has 0 saturated heterocycles. The summed E-state index contributed by atoms with van der Waals surface area (Å²) in [6.07, 6.45) is 6.65. The summed E-state index contributed by atoms with van der Waals surface area (Å²) in [6, 6.07) is 1.82. The van der Waals surface area contributed by atoms with Gasteiger partial charge < -0.3 is 0 Å². The summed E-state index contributed by atoms with van der Waals surface area (Å²) in [7, 11) is 0. The fourth-order valence-electron chi connectivity index (χ4n) is 1.33. The van der Waals surface area contributed by atoms with Gasteiger partial charge in [0.15, 0.2) is 0 Å². The second kappa shape index (κ2) is 11.5. The first-order valence-electron chi connectivity index (χ1n) is 5.40. The van der Waals surface area contributed by atoms with Crippen LogP contribution in [0.15, 0.2) is 0 Å². The molecule has 1 N–H and O–H groups in total. The van der Waals surface area contributed by atoms with Crippen molar-refractivity contribution in [3.05, 3.63) is 0 Å². The number of nitriles is 2. The van der Waals surface area contributed by atoms with E-state index in [1.807, 2.05) is 6.07 Å². The van der Waals surface area contributed by atoms with Gasteiger partial charge in [-0.15, -0.1) is 0 Å². The third-order valence-corrected chi connectivity index (χ3v) is 3.49. The number of unbranched alkanes of at least 4 members (excludes halogenated alkanes) is 5. The SMILES string of the molecule is N#C[Se]CCCCCCCCC(O)C#N. The Hall–Kier alpha value is -0.541. The van der Waals surface area contributed by atoms with Gasteiger partial charge in [0.05, 0.1) is 0 Å². The van der Waals surface area contributed by atoms with Gasteiger partial charge in [0.2, 0.25) is 0 Å². The zero-order chi connectivity index (χ0) is 11.4. The molecule has 0 aliphatic heterocycles. The van der Waals surface area contributed by atoms with Gasteiger partial charge in [0, 0.05) is 0 Å². The fourth-order valence-corrected chi connectivity index (χ4v) is 2.25. The van der Waals surface area contributed by atoms with Crippen molar-refractivity contribution in [2.45, 2.75) is 56.4 Å². The summed E-state index contributed by atoms with van der Waals surface area (Å²) < 4.78 is 0. The van der Waals surface area contributed by atoms with Crippen LogP contribution in [-0.2, 0) is 0 Å². The molecule has 0 aliphatic carbocycles. The quantitative estimate of drug-likeness (QED) is 0.398. The number of hydrogen-bond donors (Lipinski definition) is 1. The van der Waals surface area contributed by atoms with Crippen molar-refractivity contribution < 1.29 is 5.11 Å². The van der Waals surface area contributed by atoms with E-state index in [1.54, 1.807) is 0 Å². The van der Waals surface area contributed by atoms with E-state index in [9.17, 15) is 0 Å². The van der Waals surface area contributed by atoms with Gasteiger partial charge in [0.25, 0.3) is 0 Å². The monoisotopic (exact) mass is 274 g/mol. The fraction of sp³-hybridized carbons (Fsp3) is 0.818. The third-order valence-electron chi connectivity index (χ3n) is 2.19. The summed E-state index contributed by atoms with van der Waals surface area (Å²) in [5.74, 6) is 0. The molecular formula is C11H18N2OSe. The Kier molecular flexibility index (Phi) is 11.1. The Morgan fingerprint density at radius 2 is 1.60 bits per heavy atom. The maximum absolute atomic E-state index is 8.97. The van der Waals surface area contributed by atoms with Crippen molar-refractivity contribution in [3.8, 4) is 11.0 Å². The maximum atomic E-state index is 8.97. The second-order valence-corrected chi connectivity index (χ2v) is 5.34. The molecule has 1 unspecified atom stereocenters. The summed E-state index contributed by atoms with van der Waals surface area (Å²) in [5, 5.41) is 26.7. The van der Waals surface area contributed by atoms with Crippen LogP contribution in [-0.4, -0.2) is 26.2 Å². The van der Waals surface area contributed by atoms with E-state index in [-0.39, 0.29) is 15.0 Å². The molecule has 15 heavy (non-hydrogen) atoms. The van der Waals surface area contributed by atoms with Gasteiger partial charge >= 0.3 is 98.0 Å². The molecule has 0 bridgehead atoms. The standard InChI is InChI=1S/C11H18N2OSe/c12-9-11(14)7-5-3-1-2-4-6-8-15-10-13/h11,14H,1-8H2. The molecule has 0 saturated carbocycles. The zero-order valence-corrected chi connectivity index (χ0v) is 10.7. The molecule has 0 aromatic carbocycles. The molecule has 0 heterocycles. The van der Waals surface area contributed by atoms with Gasteiger partial charge in [0.1, 0.15) is 0 Å². The van der Waals surface area contributed by atoms with Gasteiger partial charge in [-0.05, 0) is 0 Å². The molecule has 0 aliphatic rings. The first-order chi connectivity index (χ1) is 7.31. The van der Waals surface area contributed by atoms with E-state index in [2.05, 4.69) is 4.97 Å². The van der Waals surface area contributed by atoms with E-state index in [4.69, 9.17) is 15.6 Å². The van der Waals surface area contributed by atoms with Crippen molar-refractivity contribution in [3.63, 3.8) is 0 Å². The topological polar surface area (TPSA) is 67.8 Å². The molecular weight excluding hydrogens is 255 g/mol. The molecule has 84 valence electrons. The van der Waals surface area contributed by atoms with Gasteiger partial charge in [-0.1, -0.05) is 0 Å². The van der Waals surface area contributed by atoms with Crippen LogP contribution >= 0.6 is 0 Å². The Morgan fingerprint density at radius 3 is 2.20 bits per heavy atom. The zero-order valence-electron chi connectivity index (χ0n) is 8.98. The number of nitrogens with zero attached hydrogens (tertiary/aromatic N) is 2. The average molecular weight is 273 g/mol. The summed E-state index contributed by atoms with van der Waals surface area (Å²) in [5.41, 5.74) is 0. The first kappa shape index (κ1) is 14.5. The number of aliphatic hydroxyl groups excluding tert-OH is 1. The van der Waals surface area contributed by atoms with Crippen molar-refractivity contribution in [2.75, 3.05) is 0 Å². The molecule has 0 fully saturated rings. The molecule has 0 rings (SSSR count). The molecule has 0 amide bonds. The van der Waals surface area contributed by atoms with E-state index in [0.29, 0.717) is 6.42 Å². The van der Waals surface area contributed by atoms with Crippen LogP contribution in [0.2, 0.25) is 5.32 Å². The Labute approximate surface area is 98.2 Å². The predicted octanol–water partition coefficient (Wildman–Crippen LogP) is 2.21. The number of aliphatic hydroxyl groups is 1. The summed E-state index contributed by atoms with van der Waals surface area (Å²) in [6.45, 7) is 0. The van der Waals surface area contributed by atoms with E-state index in [0.717, 1.165) is 18.2 Å². The van der Waals surface area contributed by atoms with E-state index < -0.39 is 6.10 Å². The van der Waals surface area contributed by atoms with Crippen molar-refractivity contribution >= 4 is 15.0 Å². The summed E-state index contributed by atoms with van der Waals surface area (Å²) >= 11 is 0.191. The van der Waals surface area contributed by atoms with Crippen LogP contribution in [0.4, 0.5) is 0 Å². The van der Waals surface area contributed by atoms with E-state index >= 15 is 0 Å². The number of rotatable bonds is 9. The molecule has 3 nitrogen and oxygen atoms in total. The first-order valence-corrected chi connectivity index (χ1v) is 7.46. The van der Waals surface area contributed by atoms with Crippen LogP contribution in [0.1, 0.15) is 44.9 Å². The molecule has 4 heteroatoms. The Morgan fingerprint density at radius 1 is 1.00 bits per heavy atom. The minimum atomic E-state index is -0.775. The average Bonchev–Trinajstić information content (AvgIpc) is 2.26. The van der Waals surface area contributed by atoms with Crippen molar-refractivity contribution in [1.29, 1.82) is 10.5 Å². The van der Waals surface area contributed by atoms with Crippen LogP contribution in [0.3, 0.4) is 0 Å². The van der Waals surface area contributed by atoms with Crippen LogP contribution < -0.4 is 0 Å². The molecule has 1 atom stereocenters. The normalized spacial score (nSPS) is 11.7. The number of hydrogen-bond acceptors (Lipinski definition) is 3. The summed E-state index contributed by atoms with van der Waals surface area (Å²) in [4.78, 5) is 2.20. The van der Waals surface area contributed by atoms with Crippen molar-refractivity contribution in [1.82, 2.24) is 0 Å². The Balaban J connectivity index is 3.00. The van der Waals surface area contributed by atoms with Crippen molar-refractivity contribution in [2.24, 2.45) is 0 Å². The van der Waals surface area contributed by atoms with Gasteiger partial charge in [-0.25, -0.2) is 0 Å². The van der Waals surface area contributed by atoms with Crippen LogP contribution in [0, 0.1) is 21.6 Å². The molecule has 0 spiro atoms. The van der Waals surface area contributed by atoms with Crippen LogP contribution in [0.5, 0.6) is 0 Å². The minimum absolute atomic E-state index is 0.191. The Bertz CT molecular complexity index is 220. The van der Waals surface area contributed by atoms with Crippen LogP contribution in [0.25, 0.3) is 0 Å². The van der Waals surface area contributed by atoms with E-state index in [1.165, 1.54) is 25.7 Å². The van der Waals surface area contributed by atoms with Gasteiger partial charge in [-0.2, -0.15) is 0 Å². The molecule has 0 aromatic heterocycles. The molecule has 0 aromatic rings.